The number of aliphatic hydroxyl groups is 1. The molecule has 1 aliphatic rings. The van der Waals surface area contributed by atoms with Crippen LogP contribution in [0.5, 0.6) is 0 Å². The number of hydrogen-bond donors (Lipinski definition) is 1. The largest absolute Gasteiger partial charge is 0.418 e. The van der Waals surface area contributed by atoms with Gasteiger partial charge in [0.05, 0.1) is 0 Å². The molecule has 1 aliphatic heterocycles. The molecule has 0 bridgehead atoms. The van der Waals surface area contributed by atoms with Crippen LogP contribution in [-0.4, -0.2) is 37.5 Å². The van der Waals surface area contributed by atoms with Crippen molar-refractivity contribution in [1.29, 1.82) is 0 Å². The van der Waals surface area contributed by atoms with Crippen LogP contribution in [0.4, 0.5) is 24.5 Å². The second-order valence-electron chi connectivity index (χ2n) is 5.99. The van der Waals surface area contributed by atoms with Gasteiger partial charge >= 0.3 is 6.18 Å². The zero-order valence-electron chi connectivity index (χ0n) is 13.4. The predicted molar refractivity (Wildman–Crippen MR) is 96.0 cm³/mol. The van der Waals surface area contributed by atoms with Gasteiger partial charge in [0.15, 0.2) is 6.10 Å². The summed E-state index contributed by atoms with van der Waals surface area (Å²) in [6.07, 6.45) is -7.08. The first-order valence-electron chi connectivity index (χ1n) is 7.95. The lowest BCUT2D eigenvalue weighted by atomic mass is 10.1. The summed E-state index contributed by atoms with van der Waals surface area (Å²) in [5, 5.41) is 9.29. The molecule has 7 heteroatoms. The van der Waals surface area contributed by atoms with Gasteiger partial charge in [0.2, 0.25) is 0 Å². The zero-order chi connectivity index (χ0) is 18.0. The fourth-order valence-corrected chi connectivity index (χ4v) is 3.20. The van der Waals surface area contributed by atoms with Crippen molar-refractivity contribution in [1.82, 2.24) is 0 Å². The van der Waals surface area contributed by atoms with Gasteiger partial charge in [-0.1, -0.05) is 28.1 Å². The Morgan fingerprint density at radius 1 is 0.800 bits per heavy atom. The van der Waals surface area contributed by atoms with E-state index in [0.29, 0.717) is 0 Å². The molecule has 25 heavy (non-hydrogen) atoms. The van der Waals surface area contributed by atoms with Crippen LogP contribution in [0.1, 0.15) is 11.7 Å². The van der Waals surface area contributed by atoms with Gasteiger partial charge in [0.25, 0.3) is 0 Å². The van der Waals surface area contributed by atoms with Gasteiger partial charge in [-0.15, -0.1) is 0 Å². The molecule has 134 valence electrons. The molecule has 2 aromatic rings. The Morgan fingerprint density at radius 3 is 1.60 bits per heavy atom. The summed E-state index contributed by atoms with van der Waals surface area (Å²) in [7, 11) is 0. The van der Waals surface area contributed by atoms with E-state index in [2.05, 4.69) is 37.9 Å². The van der Waals surface area contributed by atoms with E-state index in [1.165, 1.54) is 12.1 Å². The minimum absolute atomic E-state index is 0.134. The molecule has 1 unspecified atom stereocenters. The van der Waals surface area contributed by atoms with Crippen LogP contribution in [-0.2, 0) is 0 Å². The van der Waals surface area contributed by atoms with Crippen molar-refractivity contribution in [2.24, 2.45) is 0 Å². The number of anilines is 2. The van der Waals surface area contributed by atoms with Gasteiger partial charge in [-0.25, -0.2) is 0 Å². The smallest absolute Gasteiger partial charge is 0.379 e. The van der Waals surface area contributed by atoms with E-state index in [9.17, 15) is 18.3 Å². The van der Waals surface area contributed by atoms with Crippen LogP contribution in [0, 0.1) is 0 Å². The van der Waals surface area contributed by atoms with Crippen LogP contribution >= 0.6 is 15.9 Å². The van der Waals surface area contributed by atoms with Crippen molar-refractivity contribution in [2.45, 2.75) is 12.3 Å². The first kappa shape index (κ1) is 18.1. The second kappa shape index (κ2) is 7.25. The third-order valence-electron chi connectivity index (χ3n) is 4.36. The molecular formula is C18H18BrF3N2O. The third kappa shape index (κ3) is 4.27. The van der Waals surface area contributed by atoms with Gasteiger partial charge in [0.1, 0.15) is 0 Å². The number of alkyl halides is 3. The van der Waals surface area contributed by atoms with Crippen molar-refractivity contribution in [3.05, 3.63) is 58.6 Å². The highest BCUT2D eigenvalue weighted by atomic mass is 79.9. The minimum atomic E-state index is -4.64. The van der Waals surface area contributed by atoms with E-state index in [1.54, 1.807) is 12.1 Å². The maximum atomic E-state index is 12.6. The minimum Gasteiger partial charge on any atom is -0.379 e. The summed E-state index contributed by atoms with van der Waals surface area (Å²) in [6, 6.07) is 14.1. The summed E-state index contributed by atoms with van der Waals surface area (Å²) < 4.78 is 38.7. The fraction of sp³-hybridized carbons (Fsp3) is 0.333. The molecule has 1 atom stereocenters. The predicted octanol–water partition coefficient (Wildman–Crippen LogP) is 4.37. The van der Waals surface area contributed by atoms with Crippen LogP contribution in [0.25, 0.3) is 0 Å². The number of rotatable bonds is 3. The molecule has 3 nitrogen and oxygen atoms in total. The Labute approximate surface area is 152 Å². The normalized spacial score (nSPS) is 16.8. The number of halogens is 4. The number of nitrogens with zero attached hydrogens (tertiary/aromatic N) is 2. The summed E-state index contributed by atoms with van der Waals surface area (Å²) in [5.41, 5.74) is 1.89. The van der Waals surface area contributed by atoms with E-state index in [1.807, 2.05) is 12.1 Å². The van der Waals surface area contributed by atoms with Gasteiger partial charge in [0, 0.05) is 42.0 Å². The van der Waals surface area contributed by atoms with E-state index in [0.717, 1.165) is 42.0 Å². The Hall–Kier alpha value is -1.73. The van der Waals surface area contributed by atoms with E-state index >= 15 is 0 Å². The monoisotopic (exact) mass is 414 g/mol. The molecule has 1 fully saturated rings. The standard InChI is InChI=1S/C18H18BrF3N2O/c19-14-3-7-16(8-4-14)24-11-9-23(10-12-24)15-5-1-13(2-6-15)17(25)18(20,21)22/h1-8,17,25H,9-12H2. The molecule has 0 radical (unpaired) electrons. The molecule has 0 aliphatic carbocycles. The van der Waals surface area contributed by atoms with Crippen molar-refractivity contribution in [3.8, 4) is 0 Å². The Morgan fingerprint density at radius 2 is 1.20 bits per heavy atom. The molecule has 2 aromatic carbocycles. The molecule has 1 heterocycles. The highest BCUT2D eigenvalue weighted by molar-refractivity contribution is 9.10. The summed E-state index contributed by atoms with van der Waals surface area (Å²) in [6.45, 7) is 3.26. The number of hydrogen-bond acceptors (Lipinski definition) is 3. The average molecular weight is 415 g/mol. The zero-order valence-corrected chi connectivity index (χ0v) is 15.0. The van der Waals surface area contributed by atoms with Crippen molar-refractivity contribution in [2.75, 3.05) is 36.0 Å². The highest BCUT2D eigenvalue weighted by Crippen LogP contribution is 2.33. The van der Waals surface area contributed by atoms with E-state index in [-0.39, 0.29) is 5.56 Å². The van der Waals surface area contributed by atoms with Gasteiger partial charge in [-0.3, -0.25) is 0 Å². The van der Waals surface area contributed by atoms with Crippen molar-refractivity contribution < 1.29 is 18.3 Å². The Bertz CT molecular complexity index is 696. The number of piperazine rings is 1. The van der Waals surface area contributed by atoms with Crippen LogP contribution in [0.15, 0.2) is 53.0 Å². The lowest BCUT2D eigenvalue weighted by Crippen LogP contribution is -2.46. The molecule has 3 rings (SSSR count). The first-order valence-corrected chi connectivity index (χ1v) is 8.74. The summed E-state index contributed by atoms with van der Waals surface area (Å²) in [5.74, 6) is 0. The number of benzene rings is 2. The molecule has 0 saturated carbocycles. The van der Waals surface area contributed by atoms with E-state index < -0.39 is 12.3 Å². The first-order chi connectivity index (χ1) is 11.8. The lowest BCUT2D eigenvalue weighted by Gasteiger charge is -2.37. The van der Waals surface area contributed by atoms with Gasteiger partial charge in [-0.2, -0.15) is 13.2 Å². The number of aliphatic hydroxyl groups excluding tert-OH is 1. The Kier molecular flexibility index (Phi) is 5.24. The highest BCUT2D eigenvalue weighted by Gasteiger charge is 2.39. The molecule has 0 amide bonds. The van der Waals surface area contributed by atoms with E-state index in [4.69, 9.17) is 0 Å². The lowest BCUT2D eigenvalue weighted by molar-refractivity contribution is -0.206. The average Bonchev–Trinajstić information content (AvgIpc) is 2.61. The fourth-order valence-electron chi connectivity index (χ4n) is 2.93. The molecule has 1 N–H and O–H groups in total. The molecule has 0 spiro atoms. The molecule has 1 saturated heterocycles. The maximum Gasteiger partial charge on any atom is 0.418 e. The topological polar surface area (TPSA) is 26.7 Å². The van der Waals surface area contributed by atoms with Crippen molar-refractivity contribution >= 4 is 27.3 Å². The summed E-state index contributed by atoms with van der Waals surface area (Å²) >= 11 is 3.42. The quantitative estimate of drug-likeness (QED) is 0.807. The Balaban J connectivity index is 1.62. The van der Waals surface area contributed by atoms with Crippen LogP contribution in [0.3, 0.4) is 0 Å². The molecular weight excluding hydrogens is 397 g/mol. The van der Waals surface area contributed by atoms with Crippen LogP contribution in [0.2, 0.25) is 0 Å². The van der Waals surface area contributed by atoms with Crippen molar-refractivity contribution in [3.63, 3.8) is 0 Å². The maximum absolute atomic E-state index is 12.6. The van der Waals surface area contributed by atoms with Gasteiger partial charge in [-0.05, 0) is 42.0 Å². The SMILES string of the molecule is OC(c1ccc(N2CCN(c3ccc(Br)cc3)CC2)cc1)C(F)(F)F. The molecule has 0 aromatic heterocycles. The summed E-state index contributed by atoms with van der Waals surface area (Å²) in [4.78, 5) is 4.42. The van der Waals surface area contributed by atoms with Gasteiger partial charge < -0.3 is 14.9 Å². The second-order valence-corrected chi connectivity index (χ2v) is 6.90. The third-order valence-corrected chi connectivity index (χ3v) is 4.88. The van der Waals surface area contributed by atoms with Crippen LogP contribution < -0.4 is 9.80 Å².